The molecule has 3 rings (SSSR count). The van der Waals surface area contributed by atoms with Crippen LogP contribution in [0, 0.1) is 0 Å². The Kier molecular flexibility index (Phi) is 5.92. The maximum atomic E-state index is 12.3. The molecule has 1 N–H and O–H groups in total. The van der Waals surface area contributed by atoms with E-state index in [4.69, 9.17) is 9.47 Å². The Hall–Kier alpha value is -2.79. The number of nitrogens with one attached hydrogen (secondary N) is 1. The van der Waals surface area contributed by atoms with Crippen LogP contribution in [0.3, 0.4) is 0 Å². The van der Waals surface area contributed by atoms with Crippen LogP contribution in [0.4, 0.5) is 0 Å². The average molecular weight is 367 g/mol. The second-order valence-electron chi connectivity index (χ2n) is 5.75. The number of amides is 1. The highest BCUT2D eigenvalue weighted by molar-refractivity contribution is 7.17. The molecule has 0 saturated heterocycles. The summed E-state index contributed by atoms with van der Waals surface area (Å²) >= 11 is 1.49. The summed E-state index contributed by atoms with van der Waals surface area (Å²) in [5.74, 6) is 1.62. The van der Waals surface area contributed by atoms with Crippen molar-refractivity contribution in [2.45, 2.75) is 6.42 Å². The molecular weight excluding hydrogens is 346 g/mol. The minimum Gasteiger partial charge on any atom is -0.497 e. The van der Waals surface area contributed by atoms with Gasteiger partial charge in [0.05, 0.1) is 19.1 Å². The summed E-state index contributed by atoms with van der Waals surface area (Å²) < 4.78 is 10.3. The molecule has 0 atom stereocenters. The third kappa shape index (κ3) is 4.43. The summed E-state index contributed by atoms with van der Waals surface area (Å²) in [6, 6.07) is 19.6. The normalized spacial score (nSPS) is 10.4. The number of hydrogen-bond acceptors (Lipinski definition) is 4. The fourth-order valence-corrected chi connectivity index (χ4v) is 3.50. The molecule has 2 aromatic carbocycles. The van der Waals surface area contributed by atoms with E-state index < -0.39 is 0 Å². The van der Waals surface area contributed by atoms with Crippen molar-refractivity contribution in [3.8, 4) is 21.9 Å². The molecule has 0 unspecified atom stereocenters. The standard InChI is InChI=1S/C21H21NO3S/c1-24-17-7-3-15(4-8-17)13-14-22-21(23)20-12-11-19(26-20)16-5-9-18(25-2)10-6-16/h3-12H,13-14H2,1-2H3,(H,22,23). The molecule has 1 aromatic heterocycles. The van der Waals surface area contributed by atoms with E-state index in [1.54, 1.807) is 14.2 Å². The van der Waals surface area contributed by atoms with Crippen molar-refractivity contribution in [3.05, 3.63) is 71.1 Å². The molecule has 134 valence electrons. The molecule has 1 amide bonds. The predicted octanol–water partition coefficient (Wildman–Crippen LogP) is 4.40. The number of methoxy groups -OCH3 is 2. The first kappa shape index (κ1) is 18.0. The topological polar surface area (TPSA) is 47.6 Å². The molecule has 0 aliphatic rings. The smallest absolute Gasteiger partial charge is 0.261 e. The van der Waals surface area contributed by atoms with E-state index in [1.165, 1.54) is 11.3 Å². The Morgan fingerprint density at radius 2 is 1.50 bits per heavy atom. The molecule has 0 saturated carbocycles. The highest BCUT2D eigenvalue weighted by Crippen LogP contribution is 2.29. The summed E-state index contributed by atoms with van der Waals surface area (Å²) in [5.41, 5.74) is 2.24. The summed E-state index contributed by atoms with van der Waals surface area (Å²) in [6.45, 7) is 0.598. The zero-order valence-corrected chi connectivity index (χ0v) is 15.6. The molecule has 0 aliphatic heterocycles. The van der Waals surface area contributed by atoms with E-state index in [-0.39, 0.29) is 5.91 Å². The highest BCUT2D eigenvalue weighted by atomic mass is 32.1. The quantitative estimate of drug-likeness (QED) is 0.673. The van der Waals surface area contributed by atoms with E-state index in [9.17, 15) is 4.79 Å². The number of ether oxygens (including phenoxy) is 2. The Morgan fingerprint density at radius 3 is 2.12 bits per heavy atom. The zero-order chi connectivity index (χ0) is 18.4. The van der Waals surface area contributed by atoms with Crippen LogP contribution in [0.2, 0.25) is 0 Å². The lowest BCUT2D eigenvalue weighted by molar-refractivity contribution is 0.0958. The Labute approximate surface area is 157 Å². The maximum Gasteiger partial charge on any atom is 0.261 e. The van der Waals surface area contributed by atoms with Gasteiger partial charge < -0.3 is 14.8 Å². The molecule has 5 heteroatoms. The first-order valence-corrected chi connectivity index (χ1v) is 9.16. The second kappa shape index (κ2) is 8.54. The van der Waals surface area contributed by atoms with E-state index in [0.29, 0.717) is 11.4 Å². The van der Waals surface area contributed by atoms with Crippen LogP contribution in [-0.2, 0) is 6.42 Å². The van der Waals surface area contributed by atoms with Gasteiger partial charge in [-0.15, -0.1) is 11.3 Å². The molecule has 0 spiro atoms. The summed E-state index contributed by atoms with van der Waals surface area (Å²) in [6.07, 6.45) is 0.784. The lowest BCUT2D eigenvalue weighted by atomic mass is 10.1. The van der Waals surface area contributed by atoms with Crippen molar-refractivity contribution >= 4 is 17.2 Å². The number of carbonyl (C=O) groups is 1. The zero-order valence-electron chi connectivity index (χ0n) is 14.8. The number of benzene rings is 2. The van der Waals surface area contributed by atoms with Gasteiger partial charge in [0, 0.05) is 11.4 Å². The Morgan fingerprint density at radius 1 is 0.885 bits per heavy atom. The first-order valence-electron chi connectivity index (χ1n) is 8.35. The molecule has 4 nitrogen and oxygen atoms in total. The summed E-state index contributed by atoms with van der Waals surface area (Å²) in [5, 5.41) is 2.98. The molecule has 1 heterocycles. The maximum absolute atomic E-state index is 12.3. The second-order valence-corrected chi connectivity index (χ2v) is 6.83. The SMILES string of the molecule is COc1ccc(CCNC(=O)c2ccc(-c3ccc(OC)cc3)s2)cc1. The number of carbonyl (C=O) groups excluding carboxylic acids is 1. The lowest BCUT2D eigenvalue weighted by Crippen LogP contribution is -2.24. The minimum atomic E-state index is -0.0386. The average Bonchev–Trinajstić information content (AvgIpc) is 3.19. The van der Waals surface area contributed by atoms with Crippen LogP contribution in [0.1, 0.15) is 15.2 Å². The summed E-state index contributed by atoms with van der Waals surface area (Å²) in [7, 11) is 3.30. The van der Waals surface area contributed by atoms with Crippen molar-refractivity contribution in [2.75, 3.05) is 20.8 Å². The van der Waals surface area contributed by atoms with Crippen molar-refractivity contribution in [2.24, 2.45) is 0 Å². The van der Waals surface area contributed by atoms with Gasteiger partial charge in [-0.25, -0.2) is 0 Å². The fraction of sp³-hybridized carbons (Fsp3) is 0.190. The van der Waals surface area contributed by atoms with Gasteiger partial charge in [0.25, 0.3) is 5.91 Å². The van der Waals surface area contributed by atoms with E-state index >= 15 is 0 Å². The number of hydrogen-bond donors (Lipinski definition) is 1. The Bertz CT molecular complexity index is 854. The number of thiophene rings is 1. The highest BCUT2D eigenvalue weighted by Gasteiger charge is 2.10. The third-order valence-corrected chi connectivity index (χ3v) is 5.20. The van der Waals surface area contributed by atoms with Gasteiger partial charge in [0.15, 0.2) is 0 Å². The number of rotatable bonds is 7. The van der Waals surface area contributed by atoms with E-state index in [2.05, 4.69) is 5.32 Å². The van der Waals surface area contributed by atoms with Crippen molar-refractivity contribution < 1.29 is 14.3 Å². The van der Waals surface area contributed by atoms with Crippen molar-refractivity contribution in [3.63, 3.8) is 0 Å². The predicted molar refractivity (Wildman–Crippen MR) is 105 cm³/mol. The minimum absolute atomic E-state index is 0.0386. The monoisotopic (exact) mass is 367 g/mol. The van der Waals surface area contributed by atoms with Gasteiger partial charge in [0.2, 0.25) is 0 Å². The van der Waals surface area contributed by atoms with E-state index in [0.717, 1.165) is 33.9 Å². The van der Waals surface area contributed by atoms with E-state index in [1.807, 2.05) is 60.7 Å². The molecular formula is C21H21NO3S. The van der Waals surface area contributed by atoms with Gasteiger partial charge in [-0.2, -0.15) is 0 Å². The van der Waals surface area contributed by atoms with Gasteiger partial charge in [-0.3, -0.25) is 4.79 Å². The van der Waals surface area contributed by atoms with Gasteiger partial charge in [-0.05, 0) is 66.1 Å². The van der Waals surface area contributed by atoms with Gasteiger partial charge in [-0.1, -0.05) is 12.1 Å². The molecule has 0 bridgehead atoms. The fourth-order valence-electron chi connectivity index (χ4n) is 2.57. The summed E-state index contributed by atoms with van der Waals surface area (Å²) in [4.78, 5) is 14.1. The molecule has 0 radical (unpaired) electrons. The van der Waals surface area contributed by atoms with Crippen LogP contribution in [0.5, 0.6) is 11.5 Å². The molecule has 26 heavy (non-hydrogen) atoms. The largest absolute Gasteiger partial charge is 0.497 e. The van der Waals surface area contributed by atoms with Crippen LogP contribution >= 0.6 is 11.3 Å². The third-order valence-electron chi connectivity index (χ3n) is 4.06. The van der Waals surface area contributed by atoms with Crippen LogP contribution < -0.4 is 14.8 Å². The van der Waals surface area contributed by atoms with Crippen LogP contribution in [-0.4, -0.2) is 26.7 Å². The molecule has 0 fully saturated rings. The Balaban J connectivity index is 1.55. The van der Waals surface area contributed by atoms with Crippen LogP contribution in [0.15, 0.2) is 60.7 Å². The van der Waals surface area contributed by atoms with Crippen LogP contribution in [0.25, 0.3) is 10.4 Å². The molecule has 3 aromatic rings. The van der Waals surface area contributed by atoms with Gasteiger partial charge >= 0.3 is 0 Å². The van der Waals surface area contributed by atoms with Gasteiger partial charge in [0.1, 0.15) is 11.5 Å². The van der Waals surface area contributed by atoms with Crippen molar-refractivity contribution in [1.82, 2.24) is 5.32 Å². The lowest BCUT2D eigenvalue weighted by Gasteiger charge is -2.05. The first-order chi connectivity index (χ1) is 12.7. The molecule has 0 aliphatic carbocycles. The van der Waals surface area contributed by atoms with Crippen molar-refractivity contribution in [1.29, 1.82) is 0 Å².